The van der Waals surface area contributed by atoms with Crippen LogP contribution in [-0.2, 0) is 11.5 Å². The van der Waals surface area contributed by atoms with E-state index >= 15 is 0 Å². The standard InChI is InChI=1S/C18H17N3O4S/c22-18(23)20(13-7-3-1-4-8-13)17-15-11-26(24,25)12-16(15)19-21(17)14-9-5-2-6-10-14/h1-10,24-25H,11-12H2,(H,22,23). The summed E-state index contributed by atoms with van der Waals surface area (Å²) in [5.41, 5.74) is 2.24. The molecule has 0 unspecified atom stereocenters. The largest absolute Gasteiger partial charge is 0.464 e. The molecule has 3 aromatic rings. The van der Waals surface area contributed by atoms with Crippen molar-refractivity contribution in [1.82, 2.24) is 9.78 Å². The molecule has 0 aliphatic carbocycles. The van der Waals surface area contributed by atoms with E-state index in [1.54, 1.807) is 35.0 Å². The molecule has 1 amide bonds. The molecule has 0 spiro atoms. The fourth-order valence-corrected chi connectivity index (χ4v) is 4.66. The zero-order chi connectivity index (χ0) is 18.3. The van der Waals surface area contributed by atoms with Crippen molar-refractivity contribution >= 4 is 28.2 Å². The van der Waals surface area contributed by atoms with Crippen LogP contribution in [0.1, 0.15) is 11.3 Å². The second-order valence-electron chi connectivity index (χ2n) is 6.04. The molecule has 0 saturated heterocycles. The van der Waals surface area contributed by atoms with Crippen LogP contribution in [0, 0.1) is 0 Å². The Balaban J connectivity index is 1.95. The van der Waals surface area contributed by atoms with E-state index in [-0.39, 0.29) is 11.5 Å². The molecule has 0 fully saturated rings. The number of carboxylic acid groups (broad SMARTS) is 1. The normalized spacial score (nSPS) is 16.1. The molecule has 0 radical (unpaired) electrons. The number of carbonyl (C=O) groups is 1. The quantitative estimate of drug-likeness (QED) is 0.632. The maximum absolute atomic E-state index is 12.1. The van der Waals surface area contributed by atoms with Gasteiger partial charge in [0.25, 0.3) is 0 Å². The van der Waals surface area contributed by atoms with Gasteiger partial charge in [0.05, 0.1) is 28.6 Å². The number of hydrogen-bond acceptors (Lipinski definition) is 4. The molecular weight excluding hydrogens is 354 g/mol. The Bertz CT molecular complexity index is 957. The van der Waals surface area contributed by atoms with Gasteiger partial charge in [-0.25, -0.2) is 14.4 Å². The van der Waals surface area contributed by atoms with E-state index in [0.717, 1.165) is 4.90 Å². The minimum absolute atomic E-state index is 0.00110. The van der Waals surface area contributed by atoms with Gasteiger partial charge in [-0.2, -0.15) is 15.7 Å². The van der Waals surface area contributed by atoms with Gasteiger partial charge in [0.2, 0.25) is 0 Å². The van der Waals surface area contributed by atoms with Crippen LogP contribution < -0.4 is 4.90 Å². The lowest BCUT2D eigenvalue weighted by Gasteiger charge is -2.27. The molecule has 2 aromatic carbocycles. The highest BCUT2D eigenvalue weighted by Crippen LogP contribution is 2.55. The number of para-hydroxylation sites is 2. The van der Waals surface area contributed by atoms with E-state index in [9.17, 15) is 19.0 Å². The molecule has 1 aromatic heterocycles. The lowest BCUT2D eigenvalue weighted by atomic mass is 10.2. The molecule has 134 valence electrons. The Morgan fingerprint density at radius 3 is 2.23 bits per heavy atom. The predicted molar refractivity (Wildman–Crippen MR) is 100 cm³/mol. The highest BCUT2D eigenvalue weighted by atomic mass is 32.3. The van der Waals surface area contributed by atoms with Gasteiger partial charge < -0.3 is 5.11 Å². The number of anilines is 2. The van der Waals surface area contributed by atoms with Gasteiger partial charge in [-0.05, 0) is 24.3 Å². The van der Waals surface area contributed by atoms with Gasteiger partial charge in [0.1, 0.15) is 0 Å². The number of nitrogens with zero attached hydrogens (tertiary/aromatic N) is 3. The first-order valence-electron chi connectivity index (χ1n) is 7.94. The van der Waals surface area contributed by atoms with Gasteiger partial charge in [-0.1, -0.05) is 36.4 Å². The topological polar surface area (TPSA) is 98.8 Å². The number of amides is 1. The van der Waals surface area contributed by atoms with E-state index in [1.807, 2.05) is 30.3 Å². The van der Waals surface area contributed by atoms with Gasteiger partial charge in [-0.15, -0.1) is 0 Å². The van der Waals surface area contributed by atoms with Gasteiger partial charge in [0, 0.05) is 5.56 Å². The van der Waals surface area contributed by atoms with Crippen molar-refractivity contribution in [2.24, 2.45) is 0 Å². The average Bonchev–Trinajstić information content (AvgIpc) is 3.09. The Labute approximate surface area is 151 Å². The van der Waals surface area contributed by atoms with E-state index in [1.165, 1.54) is 0 Å². The molecule has 26 heavy (non-hydrogen) atoms. The van der Waals surface area contributed by atoms with Crippen LogP contribution in [-0.4, -0.2) is 30.1 Å². The number of aromatic nitrogens is 2. The van der Waals surface area contributed by atoms with Crippen LogP contribution in [0.3, 0.4) is 0 Å². The molecule has 1 aliphatic heterocycles. The van der Waals surface area contributed by atoms with Crippen LogP contribution in [0.15, 0.2) is 60.7 Å². The summed E-state index contributed by atoms with van der Waals surface area (Å²) < 4.78 is 21.8. The Morgan fingerprint density at radius 1 is 1.00 bits per heavy atom. The first kappa shape index (κ1) is 16.6. The second-order valence-corrected chi connectivity index (χ2v) is 8.22. The molecule has 7 nitrogen and oxygen atoms in total. The van der Waals surface area contributed by atoms with Crippen molar-refractivity contribution < 1.29 is 19.0 Å². The van der Waals surface area contributed by atoms with E-state index in [4.69, 9.17) is 0 Å². The SMILES string of the molecule is O=C(O)N(c1ccccc1)c1c2c(nn1-c1ccccc1)CS(O)(O)C2. The summed E-state index contributed by atoms with van der Waals surface area (Å²) in [6, 6.07) is 17.9. The van der Waals surface area contributed by atoms with Crippen molar-refractivity contribution in [3.63, 3.8) is 0 Å². The summed E-state index contributed by atoms with van der Waals surface area (Å²) >= 11 is 0. The highest BCUT2D eigenvalue weighted by Gasteiger charge is 2.36. The summed E-state index contributed by atoms with van der Waals surface area (Å²) in [5, 5.41) is 14.4. The van der Waals surface area contributed by atoms with Gasteiger partial charge >= 0.3 is 6.09 Å². The van der Waals surface area contributed by atoms with Crippen LogP contribution in [0.5, 0.6) is 0 Å². The number of hydrogen-bond donors (Lipinski definition) is 3. The maximum Gasteiger partial charge on any atom is 0.417 e. The van der Waals surface area contributed by atoms with Crippen molar-refractivity contribution in [2.75, 3.05) is 4.90 Å². The van der Waals surface area contributed by atoms with Crippen LogP contribution in [0.2, 0.25) is 0 Å². The molecule has 4 rings (SSSR count). The summed E-state index contributed by atoms with van der Waals surface area (Å²) in [6.45, 7) is 0. The molecular formula is C18H17N3O4S. The van der Waals surface area contributed by atoms with Gasteiger partial charge in [-0.3, -0.25) is 9.11 Å². The molecule has 2 heterocycles. The monoisotopic (exact) mass is 371 g/mol. The van der Waals surface area contributed by atoms with Crippen LogP contribution >= 0.6 is 10.6 Å². The van der Waals surface area contributed by atoms with E-state index in [2.05, 4.69) is 5.10 Å². The Kier molecular flexibility index (Phi) is 3.95. The first-order valence-corrected chi connectivity index (χ1v) is 9.83. The average molecular weight is 371 g/mol. The third-order valence-electron chi connectivity index (χ3n) is 4.20. The van der Waals surface area contributed by atoms with E-state index < -0.39 is 16.7 Å². The minimum atomic E-state index is -2.82. The highest BCUT2D eigenvalue weighted by molar-refractivity contribution is 8.23. The Morgan fingerprint density at radius 2 is 1.62 bits per heavy atom. The summed E-state index contributed by atoms with van der Waals surface area (Å²) in [5.74, 6) is 0.362. The van der Waals surface area contributed by atoms with Crippen molar-refractivity contribution in [1.29, 1.82) is 0 Å². The summed E-state index contributed by atoms with van der Waals surface area (Å²) in [7, 11) is -2.82. The smallest absolute Gasteiger partial charge is 0.417 e. The number of fused-ring (bicyclic) bond motifs is 1. The third kappa shape index (κ3) is 2.84. The zero-order valence-corrected chi connectivity index (χ0v) is 14.5. The lowest BCUT2D eigenvalue weighted by molar-refractivity contribution is 0.204. The van der Waals surface area contributed by atoms with Crippen LogP contribution in [0.4, 0.5) is 16.3 Å². The predicted octanol–water partition coefficient (Wildman–Crippen LogP) is 4.45. The van der Waals surface area contributed by atoms with Crippen molar-refractivity contribution in [2.45, 2.75) is 11.5 Å². The lowest BCUT2D eigenvalue weighted by Crippen LogP contribution is -2.27. The maximum atomic E-state index is 12.1. The minimum Gasteiger partial charge on any atom is -0.464 e. The third-order valence-corrected chi connectivity index (χ3v) is 5.69. The fourth-order valence-electron chi connectivity index (χ4n) is 3.13. The summed E-state index contributed by atoms with van der Waals surface area (Å²) in [6.07, 6.45) is -1.17. The molecule has 8 heteroatoms. The van der Waals surface area contributed by atoms with Crippen molar-refractivity contribution in [3.05, 3.63) is 71.9 Å². The summed E-state index contributed by atoms with van der Waals surface area (Å²) in [4.78, 5) is 13.2. The fraction of sp³-hybridized carbons (Fsp3) is 0.111. The molecule has 3 N–H and O–H groups in total. The van der Waals surface area contributed by atoms with Crippen LogP contribution in [0.25, 0.3) is 5.69 Å². The number of benzene rings is 2. The van der Waals surface area contributed by atoms with Crippen molar-refractivity contribution in [3.8, 4) is 5.69 Å². The number of rotatable bonds is 3. The first-order chi connectivity index (χ1) is 12.5. The molecule has 0 saturated carbocycles. The second kappa shape index (κ2) is 6.17. The van der Waals surface area contributed by atoms with E-state index in [0.29, 0.717) is 28.5 Å². The molecule has 0 bridgehead atoms. The molecule has 0 atom stereocenters. The Hall–Kier alpha value is -2.81. The van der Waals surface area contributed by atoms with Gasteiger partial charge in [0.15, 0.2) is 5.82 Å². The molecule has 1 aliphatic rings. The zero-order valence-electron chi connectivity index (χ0n) is 13.7.